The number of hydrogen-bond acceptors (Lipinski definition) is 7. The standard InChI is InChI=1S/C38H38ClN5O4S/c1-7-31-35-33(22(2)43(4)41-35)34-30(39)15-14-29-28(37(38(45)46-6)42(3)36(29)34)13-10-16-47-32-19-26(17-23-11-8-9-12-27(23)32)49-21-25-18-24(20-48-31)40-44(25)5/h7-9,11-12,14-15,17-19,31H,1,10,13,16,20-21H2,2-6H3. The van der Waals surface area contributed by atoms with E-state index in [1.165, 1.54) is 7.11 Å². The number of aromatic nitrogens is 5. The van der Waals surface area contributed by atoms with E-state index in [1.54, 1.807) is 17.8 Å². The number of carbonyl (C=O) groups is 1. The molecule has 1 unspecified atom stereocenters. The molecule has 49 heavy (non-hydrogen) atoms. The lowest BCUT2D eigenvalue weighted by Gasteiger charge is -2.16. The third-order valence-corrected chi connectivity index (χ3v) is 10.7. The number of methoxy groups -OCH3 is 1. The average molecular weight is 696 g/mol. The lowest BCUT2D eigenvalue weighted by molar-refractivity contribution is 0.0589. The molecule has 0 spiro atoms. The smallest absolute Gasteiger partial charge is 0.354 e. The zero-order chi connectivity index (χ0) is 34.4. The van der Waals surface area contributed by atoms with Crippen molar-refractivity contribution in [2.45, 2.75) is 43.1 Å². The van der Waals surface area contributed by atoms with Gasteiger partial charge in [0.1, 0.15) is 23.2 Å². The van der Waals surface area contributed by atoms with Crippen LogP contribution in [0.3, 0.4) is 0 Å². The van der Waals surface area contributed by atoms with Crippen LogP contribution in [-0.4, -0.2) is 43.8 Å². The molecule has 1 atom stereocenters. The first-order chi connectivity index (χ1) is 23.7. The largest absolute Gasteiger partial charge is 0.493 e. The maximum absolute atomic E-state index is 13.4. The number of carbonyl (C=O) groups excluding carboxylic acids is 1. The molecule has 1 aliphatic rings. The molecule has 3 aromatic heterocycles. The van der Waals surface area contributed by atoms with Gasteiger partial charge in [-0.2, -0.15) is 10.2 Å². The topological polar surface area (TPSA) is 85.3 Å². The van der Waals surface area contributed by atoms with Gasteiger partial charge in [0, 0.05) is 65.1 Å². The van der Waals surface area contributed by atoms with E-state index in [0.29, 0.717) is 35.9 Å². The summed E-state index contributed by atoms with van der Waals surface area (Å²) >= 11 is 8.81. The number of esters is 1. The zero-order valence-electron chi connectivity index (χ0n) is 28.2. The number of nitrogens with zero attached hydrogens (tertiary/aromatic N) is 5. The summed E-state index contributed by atoms with van der Waals surface area (Å²) in [5.74, 6) is 1.15. The molecule has 11 heteroatoms. The SMILES string of the molecule is C=CC1OCc2cc(n(C)n2)CSc2cc(c3ccccc3c2)OCCCc2c(C(=O)OC)n(C)c3c(c(Cl)ccc23)-c2c1nn(C)c2C. The van der Waals surface area contributed by atoms with Crippen LogP contribution in [0.4, 0.5) is 0 Å². The molecule has 0 fully saturated rings. The van der Waals surface area contributed by atoms with Gasteiger partial charge in [-0.15, -0.1) is 18.3 Å². The highest BCUT2D eigenvalue weighted by molar-refractivity contribution is 7.98. The average Bonchev–Trinajstić information content (AvgIpc) is 3.70. The van der Waals surface area contributed by atoms with Gasteiger partial charge in [0.15, 0.2) is 0 Å². The van der Waals surface area contributed by atoms with Crippen molar-refractivity contribution in [2.24, 2.45) is 21.1 Å². The molecule has 1 aliphatic heterocycles. The molecule has 252 valence electrons. The van der Waals surface area contributed by atoms with Gasteiger partial charge in [-0.25, -0.2) is 4.79 Å². The Morgan fingerprint density at radius 2 is 1.88 bits per heavy atom. The molecule has 8 bridgehead atoms. The number of benzene rings is 3. The van der Waals surface area contributed by atoms with E-state index in [0.717, 1.165) is 71.8 Å². The third kappa shape index (κ3) is 5.92. The Morgan fingerprint density at radius 3 is 2.67 bits per heavy atom. The summed E-state index contributed by atoms with van der Waals surface area (Å²) in [6.07, 6.45) is 2.47. The summed E-state index contributed by atoms with van der Waals surface area (Å²) < 4.78 is 23.9. The number of thioether (sulfide) groups is 1. The number of aryl methyl sites for hydroxylation is 4. The Bertz CT molecular complexity index is 2250. The zero-order valence-corrected chi connectivity index (χ0v) is 29.8. The molecule has 6 aromatic rings. The van der Waals surface area contributed by atoms with Gasteiger partial charge < -0.3 is 18.8 Å². The van der Waals surface area contributed by atoms with Crippen molar-refractivity contribution in [3.05, 3.63) is 106 Å². The van der Waals surface area contributed by atoms with Crippen LogP contribution in [0.1, 0.15) is 51.4 Å². The monoisotopic (exact) mass is 695 g/mol. The summed E-state index contributed by atoms with van der Waals surface area (Å²) in [6, 6.07) is 18.5. The number of fused-ring (bicyclic) bond motifs is 8. The maximum atomic E-state index is 13.4. The molecule has 0 saturated carbocycles. The van der Waals surface area contributed by atoms with Gasteiger partial charge in [-0.3, -0.25) is 9.36 Å². The van der Waals surface area contributed by atoms with Crippen LogP contribution >= 0.6 is 23.4 Å². The van der Waals surface area contributed by atoms with Gasteiger partial charge in [-0.05, 0) is 55.0 Å². The van der Waals surface area contributed by atoms with Crippen LogP contribution in [-0.2, 0) is 49.4 Å². The Kier molecular flexibility index (Phi) is 9.04. The number of ether oxygens (including phenoxy) is 3. The fraction of sp³-hybridized carbons (Fsp3) is 0.289. The molecular weight excluding hydrogens is 658 g/mol. The predicted molar refractivity (Wildman–Crippen MR) is 194 cm³/mol. The highest BCUT2D eigenvalue weighted by Crippen LogP contribution is 2.44. The molecule has 3 aromatic carbocycles. The Morgan fingerprint density at radius 1 is 1.06 bits per heavy atom. The predicted octanol–water partition coefficient (Wildman–Crippen LogP) is 8.28. The molecular formula is C38H38ClN5O4S. The summed E-state index contributed by atoms with van der Waals surface area (Å²) in [5.41, 5.74) is 7.27. The number of hydrogen-bond donors (Lipinski definition) is 0. The Balaban J connectivity index is 1.40. The quantitative estimate of drug-likeness (QED) is 0.133. The highest BCUT2D eigenvalue weighted by Gasteiger charge is 2.30. The second-order valence-corrected chi connectivity index (χ2v) is 13.7. The summed E-state index contributed by atoms with van der Waals surface area (Å²) in [6.45, 7) is 6.84. The molecule has 0 saturated heterocycles. The minimum Gasteiger partial charge on any atom is -0.493 e. The van der Waals surface area contributed by atoms with Crippen molar-refractivity contribution < 1.29 is 19.0 Å². The first-order valence-electron chi connectivity index (χ1n) is 16.2. The Hall–Kier alpha value is -4.51. The molecule has 0 N–H and O–H groups in total. The van der Waals surface area contributed by atoms with E-state index in [9.17, 15) is 4.79 Å². The van der Waals surface area contributed by atoms with Crippen LogP contribution < -0.4 is 4.74 Å². The normalized spacial score (nSPS) is 15.5. The van der Waals surface area contributed by atoms with Crippen molar-refractivity contribution in [1.82, 2.24) is 24.1 Å². The van der Waals surface area contributed by atoms with Crippen molar-refractivity contribution in [3.8, 4) is 16.9 Å². The molecule has 0 radical (unpaired) electrons. The van der Waals surface area contributed by atoms with Crippen LogP contribution in [0.15, 0.2) is 72.1 Å². The maximum Gasteiger partial charge on any atom is 0.354 e. The van der Waals surface area contributed by atoms with Crippen LogP contribution in [0, 0.1) is 6.92 Å². The van der Waals surface area contributed by atoms with E-state index in [4.69, 9.17) is 36.0 Å². The lowest BCUT2D eigenvalue weighted by Crippen LogP contribution is -2.11. The minimum absolute atomic E-state index is 0.261. The Labute approximate surface area is 294 Å². The number of halogens is 1. The fourth-order valence-corrected chi connectivity index (χ4v) is 8.07. The van der Waals surface area contributed by atoms with E-state index in [2.05, 4.69) is 36.9 Å². The lowest BCUT2D eigenvalue weighted by atomic mass is 9.96. The first-order valence-corrected chi connectivity index (χ1v) is 17.5. The molecule has 0 amide bonds. The number of rotatable bonds is 2. The van der Waals surface area contributed by atoms with Crippen LogP contribution in [0.5, 0.6) is 5.75 Å². The summed E-state index contributed by atoms with van der Waals surface area (Å²) in [4.78, 5) is 14.5. The van der Waals surface area contributed by atoms with Crippen LogP contribution in [0.25, 0.3) is 32.8 Å². The highest BCUT2D eigenvalue weighted by atomic mass is 35.5. The summed E-state index contributed by atoms with van der Waals surface area (Å²) in [7, 11) is 7.15. The van der Waals surface area contributed by atoms with Gasteiger partial charge in [0.05, 0.1) is 36.6 Å². The second kappa shape index (κ2) is 13.4. The molecule has 4 heterocycles. The van der Waals surface area contributed by atoms with Gasteiger partial charge in [-0.1, -0.05) is 48.0 Å². The van der Waals surface area contributed by atoms with E-state index < -0.39 is 12.1 Å². The van der Waals surface area contributed by atoms with Crippen LogP contribution in [0.2, 0.25) is 5.02 Å². The molecule has 9 nitrogen and oxygen atoms in total. The van der Waals surface area contributed by atoms with Gasteiger partial charge in [0.2, 0.25) is 0 Å². The van der Waals surface area contributed by atoms with Crippen molar-refractivity contribution in [2.75, 3.05) is 13.7 Å². The second-order valence-electron chi connectivity index (χ2n) is 12.3. The first kappa shape index (κ1) is 33.0. The van der Waals surface area contributed by atoms with Gasteiger partial charge >= 0.3 is 5.97 Å². The van der Waals surface area contributed by atoms with Crippen molar-refractivity contribution >= 4 is 51.0 Å². The fourth-order valence-electron chi connectivity index (χ4n) is 6.84. The molecule has 0 aliphatic carbocycles. The van der Waals surface area contributed by atoms with E-state index >= 15 is 0 Å². The minimum atomic E-state index is -0.553. The van der Waals surface area contributed by atoms with E-state index in [-0.39, 0.29) is 6.61 Å². The van der Waals surface area contributed by atoms with E-state index in [1.807, 2.05) is 66.3 Å². The van der Waals surface area contributed by atoms with Crippen molar-refractivity contribution in [1.29, 1.82) is 0 Å². The summed E-state index contributed by atoms with van der Waals surface area (Å²) in [5, 5.41) is 13.3. The third-order valence-electron chi connectivity index (χ3n) is 9.33. The molecule has 7 rings (SSSR count). The van der Waals surface area contributed by atoms with Crippen molar-refractivity contribution in [3.63, 3.8) is 0 Å². The van der Waals surface area contributed by atoms with Gasteiger partial charge in [0.25, 0.3) is 0 Å².